The number of nitrogens with one attached hydrogen (secondary N) is 1. The number of alkyl halides is 3. The molecule has 1 N–H and O–H groups in total. The van der Waals surface area contributed by atoms with Crippen LogP contribution >= 0.6 is 0 Å². The van der Waals surface area contributed by atoms with Gasteiger partial charge in [-0.25, -0.2) is 17.5 Å². The van der Waals surface area contributed by atoms with Gasteiger partial charge in [0, 0.05) is 6.54 Å². The van der Waals surface area contributed by atoms with Crippen molar-refractivity contribution in [2.75, 3.05) is 12.3 Å². The predicted molar refractivity (Wildman–Crippen MR) is 107 cm³/mol. The summed E-state index contributed by atoms with van der Waals surface area (Å²) in [5.41, 5.74) is -1.90. The zero-order valence-corrected chi connectivity index (χ0v) is 17.3. The smallest absolute Gasteiger partial charge is 0.351 e. The second-order valence-electron chi connectivity index (χ2n) is 6.86. The van der Waals surface area contributed by atoms with Gasteiger partial charge in [0.1, 0.15) is 5.82 Å². The number of hydrogen-bond donors (Lipinski definition) is 1. The van der Waals surface area contributed by atoms with Crippen molar-refractivity contribution in [1.29, 1.82) is 0 Å². The minimum atomic E-state index is -4.97. The maximum Gasteiger partial charge on any atom is 0.435 e. The van der Waals surface area contributed by atoms with Crippen LogP contribution in [0.1, 0.15) is 28.2 Å². The second-order valence-corrected chi connectivity index (χ2v) is 9.04. The van der Waals surface area contributed by atoms with Crippen LogP contribution in [0.2, 0.25) is 0 Å². The molecule has 0 fully saturated rings. The number of halogens is 4. The van der Waals surface area contributed by atoms with Crippen LogP contribution < -0.4 is 5.32 Å². The van der Waals surface area contributed by atoms with Crippen LogP contribution in [0.25, 0.3) is 5.69 Å². The van der Waals surface area contributed by atoms with E-state index < -0.39 is 39.1 Å². The summed E-state index contributed by atoms with van der Waals surface area (Å²) in [5.74, 6) is -2.23. The van der Waals surface area contributed by atoms with Gasteiger partial charge in [0.05, 0.1) is 17.2 Å². The molecule has 3 aromatic rings. The average Bonchev–Trinajstić information content (AvgIpc) is 3.18. The Morgan fingerprint density at radius 2 is 1.69 bits per heavy atom. The summed E-state index contributed by atoms with van der Waals surface area (Å²) >= 11 is 0. The molecular weight excluding hydrogens is 452 g/mol. The van der Waals surface area contributed by atoms with E-state index in [0.29, 0.717) is 10.2 Å². The van der Waals surface area contributed by atoms with E-state index in [1.165, 1.54) is 0 Å². The van der Waals surface area contributed by atoms with Gasteiger partial charge < -0.3 is 5.32 Å². The van der Waals surface area contributed by atoms with Crippen molar-refractivity contribution >= 4 is 15.7 Å². The Bertz CT molecular complexity index is 1180. The molecule has 0 bridgehead atoms. The van der Waals surface area contributed by atoms with Crippen LogP contribution in [0.3, 0.4) is 0 Å². The zero-order valence-electron chi connectivity index (χ0n) is 16.5. The van der Waals surface area contributed by atoms with Crippen molar-refractivity contribution in [3.8, 4) is 5.69 Å². The second kappa shape index (κ2) is 9.47. The van der Waals surface area contributed by atoms with E-state index in [4.69, 9.17) is 0 Å². The van der Waals surface area contributed by atoms with Gasteiger partial charge in [-0.2, -0.15) is 13.2 Å². The van der Waals surface area contributed by atoms with Crippen LogP contribution in [0.5, 0.6) is 0 Å². The molecule has 7 nitrogen and oxygen atoms in total. The van der Waals surface area contributed by atoms with E-state index >= 15 is 0 Å². The van der Waals surface area contributed by atoms with Crippen LogP contribution in [-0.4, -0.2) is 41.6 Å². The number of carbonyl (C=O) groups is 1. The van der Waals surface area contributed by atoms with Gasteiger partial charge in [-0.05, 0) is 36.2 Å². The van der Waals surface area contributed by atoms with Crippen molar-refractivity contribution < 1.29 is 30.8 Å². The molecule has 0 atom stereocenters. The van der Waals surface area contributed by atoms with Gasteiger partial charge >= 0.3 is 6.18 Å². The molecule has 0 aliphatic carbocycles. The lowest BCUT2D eigenvalue weighted by atomic mass is 10.2. The Kier molecular flexibility index (Phi) is 6.92. The molecular formula is C20H18F4N4O3S. The van der Waals surface area contributed by atoms with Crippen molar-refractivity contribution in [3.05, 3.63) is 77.4 Å². The SMILES string of the molecule is O=C(NCCCS(=O)(=O)Cc1ccccc1)c1nnn(-c2ccc(F)cc2)c1C(F)(F)F. The van der Waals surface area contributed by atoms with Gasteiger partial charge in [0.25, 0.3) is 5.91 Å². The first-order chi connectivity index (χ1) is 15.1. The highest BCUT2D eigenvalue weighted by Gasteiger charge is 2.42. The molecule has 3 rings (SSSR count). The Morgan fingerprint density at radius 3 is 2.31 bits per heavy atom. The topological polar surface area (TPSA) is 93.9 Å². The number of carbonyl (C=O) groups excluding carboxylic acids is 1. The van der Waals surface area contributed by atoms with Gasteiger partial charge in [-0.3, -0.25) is 4.79 Å². The van der Waals surface area contributed by atoms with Gasteiger partial charge in [0.2, 0.25) is 0 Å². The van der Waals surface area contributed by atoms with Crippen LogP contribution in [-0.2, 0) is 21.8 Å². The van der Waals surface area contributed by atoms with E-state index in [2.05, 4.69) is 15.6 Å². The molecule has 0 saturated heterocycles. The molecule has 32 heavy (non-hydrogen) atoms. The van der Waals surface area contributed by atoms with Gasteiger partial charge in [-0.15, -0.1) is 5.10 Å². The predicted octanol–water partition coefficient (Wildman–Crippen LogP) is 3.16. The molecule has 0 saturated carbocycles. The molecule has 2 aromatic carbocycles. The summed E-state index contributed by atoms with van der Waals surface area (Å²) in [5, 5.41) is 8.96. The van der Waals surface area contributed by atoms with Crippen molar-refractivity contribution in [2.45, 2.75) is 18.3 Å². The third kappa shape index (κ3) is 5.90. The summed E-state index contributed by atoms with van der Waals surface area (Å²) in [7, 11) is -3.46. The van der Waals surface area contributed by atoms with E-state index in [1.54, 1.807) is 30.3 Å². The lowest BCUT2D eigenvalue weighted by Gasteiger charge is -2.11. The number of aromatic nitrogens is 3. The molecule has 0 aliphatic heterocycles. The minimum Gasteiger partial charge on any atom is -0.351 e. The molecule has 170 valence electrons. The summed E-state index contributed by atoms with van der Waals surface area (Å²) in [4.78, 5) is 12.3. The third-order valence-electron chi connectivity index (χ3n) is 4.37. The first kappa shape index (κ1) is 23.4. The number of rotatable bonds is 8. The van der Waals surface area contributed by atoms with Crippen LogP contribution in [0, 0.1) is 5.82 Å². The normalized spacial score (nSPS) is 12.0. The van der Waals surface area contributed by atoms with Gasteiger partial charge in [0.15, 0.2) is 21.2 Å². The first-order valence-corrected chi connectivity index (χ1v) is 11.2. The summed E-state index contributed by atoms with van der Waals surface area (Å²) in [6.07, 6.45) is -4.96. The molecule has 1 heterocycles. The largest absolute Gasteiger partial charge is 0.435 e. The summed E-state index contributed by atoms with van der Waals surface area (Å²) in [6, 6.07) is 12.6. The molecule has 12 heteroatoms. The fraction of sp³-hybridized carbons (Fsp3) is 0.250. The molecule has 0 spiro atoms. The standard InChI is InChI=1S/C20H18F4N4O3S/c21-15-7-9-16(10-8-15)28-18(20(22,23)24)17(26-27-28)19(29)25-11-4-12-32(30,31)13-14-5-2-1-3-6-14/h1-3,5-10H,4,11-13H2,(H,25,29). The molecule has 0 aliphatic rings. The van der Waals surface area contributed by atoms with E-state index in [-0.39, 0.29) is 30.2 Å². The quantitative estimate of drug-likeness (QED) is 0.403. The number of sulfone groups is 1. The van der Waals surface area contributed by atoms with Crippen LogP contribution in [0.4, 0.5) is 17.6 Å². The van der Waals surface area contributed by atoms with Crippen molar-refractivity contribution in [2.24, 2.45) is 0 Å². The fourth-order valence-electron chi connectivity index (χ4n) is 2.93. The van der Waals surface area contributed by atoms with Gasteiger partial charge in [-0.1, -0.05) is 35.5 Å². The van der Waals surface area contributed by atoms with E-state index in [0.717, 1.165) is 24.3 Å². The Hall–Kier alpha value is -3.28. The highest BCUT2D eigenvalue weighted by atomic mass is 32.2. The highest BCUT2D eigenvalue weighted by molar-refractivity contribution is 7.90. The van der Waals surface area contributed by atoms with Crippen molar-refractivity contribution in [3.63, 3.8) is 0 Å². The first-order valence-electron chi connectivity index (χ1n) is 9.38. The third-order valence-corrected chi connectivity index (χ3v) is 6.06. The highest BCUT2D eigenvalue weighted by Crippen LogP contribution is 2.32. The number of nitrogens with zero attached hydrogens (tertiary/aromatic N) is 3. The molecule has 0 unspecified atom stereocenters. The Balaban J connectivity index is 1.66. The van der Waals surface area contributed by atoms with E-state index in [1.807, 2.05) is 0 Å². The average molecular weight is 470 g/mol. The zero-order chi connectivity index (χ0) is 23.4. The number of amides is 1. The van der Waals surface area contributed by atoms with Crippen LogP contribution in [0.15, 0.2) is 54.6 Å². The summed E-state index contributed by atoms with van der Waals surface area (Å²) < 4.78 is 78.6. The molecule has 1 amide bonds. The number of benzene rings is 2. The lowest BCUT2D eigenvalue weighted by molar-refractivity contribution is -0.143. The Labute approximate surface area is 181 Å². The maximum absolute atomic E-state index is 13.6. The molecule has 0 radical (unpaired) electrons. The van der Waals surface area contributed by atoms with Crippen molar-refractivity contribution in [1.82, 2.24) is 20.3 Å². The maximum atomic E-state index is 13.6. The van der Waals surface area contributed by atoms with E-state index in [9.17, 15) is 30.8 Å². The lowest BCUT2D eigenvalue weighted by Crippen LogP contribution is -2.29. The Morgan fingerprint density at radius 1 is 1.03 bits per heavy atom. The number of hydrogen-bond acceptors (Lipinski definition) is 5. The fourth-order valence-corrected chi connectivity index (χ4v) is 4.36. The monoisotopic (exact) mass is 470 g/mol. The molecule has 1 aromatic heterocycles. The minimum absolute atomic E-state index is 0.00829. The summed E-state index contributed by atoms with van der Waals surface area (Å²) in [6.45, 7) is -0.173.